The van der Waals surface area contributed by atoms with E-state index in [0.717, 1.165) is 6.08 Å². The third-order valence-corrected chi connectivity index (χ3v) is 4.67. The Balaban J connectivity index is 2.25. The minimum absolute atomic E-state index is 0.112. The van der Waals surface area contributed by atoms with Crippen molar-refractivity contribution in [3.63, 3.8) is 0 Å². The summed E-state index contributed by atoms with van der Waals surface area (Å²) in [5.74, 6) is 0. The zero-order valence-electron chi connectivity index (χ0n) is 12.1. The molecule has 0 aliphatic heterocycles. The van der Waals surface area contributed by atoms with Crippen LogP contribution in [-0.4, -0.2) is 97.1 Å². The Morgan fingerprint density at radius 1 is 0.826 bits per heavy atom. The minimum Gasteiger partial charge on any atom is -0.392 e. The number of hydrogen-bond donors (Lipinski definition) is 7. The van der Waals surface area contributed by atoms with Gasteiger partial charge in [0.25, 0.3) is 0 Å². The molecule has 8 nitrogen and oxygen atoms in total. The lowest BCUT2D eigenvalue weighted by Crippen LogP contribution is -2.56. The number of rotatable bonds is 4. The molecule has 0 aromatic rings. The quantitative estimate of drug-likeness (QED) is 0.209. The van der Waals surface area contributed by atoms with Gasteiger partial charge in [0.1, 0.15) is 42.7 Å². The molecule has 0 saturated carbocycles. The van der Waals surface area contributed by atoms with Crippen molar-refractivity contribution in [2.75, 3.05) is 13.2 Å². The van der Waals surface area contributed by atoms with Gasteiger partial charge in [-0.1, -0.05) is 6.08 Å². The molecule has 0 bridgehead atoms. The van der Waals surface area contributed by atoms with Gasteiger partial charge in [0.15, 0.2) is 0 Å². The van der Waals surface area contributed by atoms with Gasteiger partial charge in [-0.2, -0.15) is 0 Å². The zero-order valence-corrected chi connectivity index (χ0v) is 12.9. The first-order valence-electron chi connectivity index (χ1n) is 7.14. The number of aliphatic hydroxyl groups excluding tert-OH is 7. The van der Waals surface area contributed by atoms with Gasteiger partial charge in [-0.05, 0) is 17.2 Å². The molecule has 0 saturated heterocycles. The Morgan fingerprint density at radius 2 is 1.35 bits per heavy atom. The van der Waals surface area contributed by atoms with E-state index >= 15 is 0 Å². The minimum atomic E-state index is -1.56. The van der Waals surface area contributed by atoms with Crippen LogP contribution in [-0.2, 0) is 4.74 Å². The van der Waals surface area contributed by atoms with Crippen LogP contribution in [0.25, 0.3) is 0 Å². The summed E-state index contributed by atoms with van der Waals surface area (Å²) in [6.07, 6.45) is -7.27. The van der Waals surface area contributed by atoms with Gasteiger partial charge in [0.05, 0.1) is 18.6 Å². The van der Waals surface area contributed by atoms with E-state index in [1.165, 1.54) is 6.08 Å². The SMILES string of the molecule is OCC1=C[C@@H](O)[C@@H](O)[C@@H](O[C@H]2C(CO)=C[C@@H](O)[C@@H](O)[C@H]2O)[C@@H]1Cl. The lowest BCUT2D eigenvalue weighted by atomic mass is 9.88. The molecule has 8 atom stereocenters. The summed E-state index contributed by atoms with van der Waals surface area (Å²) in [6.45, 7) is -0.998. The summed E-state index contributed by atoms with van der Waals surface area (Å²) < 4.78 is 5.55. The highest BCUT2D eigenvalue weighted by Gasteiger charge is 2.44. The average molecular weight is 353 g/mol. The lowest BCUT2D eigenvalue weighted by molar-refractivity contribution is -0.160. The van der Waals surface area contributed by atoms with Crippen molar-refractivity contribution in [3.05, 3.63) is 23.3 Å². The van der Waals surface area contributed by atoms with Gasteiger partial charge in [-0.15, -0.1) is 11.6 Å². The number of alkyl halides is 1. The van der Waals surface area contributed by atoms with Gasteiger partial charge >= 0.3 is 0 Å². The molecule has 0 aromatic heterocycles. The van der Waals surface area contributed by atoms with Gasteiger partial charge in [-0.25, -0.2) is 0 Å². The second-order valence-corrected chi connectivity index (χ2v) is 6.15. The highest BCUT2D eigenvalue weighted by molar-refractivity contribution is 6.23. The molecular weight excluding hydrogens is 332 g/mol. The third-order valence-electron chi connectivity index (χ3n) is 4.14. The zero-order chi connectivity index (χ0) is 17.3. The highest BCUT2D eigenvalue weighted by atomic mass is 35.5. The number of ether oxygens (including phenoxy) is 1. The van der Waals surface area contributed by atoms with Crippen molar-refractivity contribution in [2.45, 2.75) is 48.1 Å². The van der Waals surface area contributed by atoms with Gasteiger partial charge in [-0.3, -0.25) is 0 Å². The third kappa shape index (κ3) is 3.60. The second kappa shape index (κ2) is 7.56. The first kappa shape index (κ1) is 18.8. The Morgan fingerprint density at radius 3 is 1.91 bits per heavy atom. The molecule has 23 heavy (non-hydrogen) atoms. The molecule has 2 aliphatic rings. The maximum atomic E-state index is 10.1. The van der Waals surface area contributed by atoms with Crippen LogP contribution in [0.4, 0.5) is 0 Å². The first-order valence-corrected chi connectivity index (χ1v) is 7.58. The Labute approximate surface area is 137 Å². The summed E-state index contributed by atoms with van der Waals surface area (Å²) >= 11 is 6.13. The van der Waals surface area contributed by atoms with E-state index < -0.39 is 61.3 Å². The smallest absolute Gasteiger partial charge is 0.113 e. The topological polar surface area (TPSA) is 151 Å². The number of halogens is 1. The molecule has 9 heteroatoms. The summed E-state index contributed by atoms with van der Waals surface area (Å²) in [5, 5.41) is 66.8. The second-order valence-electron chi connectivity index (χ2n) is 5.68. The molecule has 2 aliphatic carbocycles. The van der Waals surface area contributed by atoms with Crippen LogP contribution in [0, 0.1) is 0 Å². The first-order chi connectivity index (χ1) is 10.8. The molecule has 2 rings (SSSR count). The Kier molecular flexibility index (Phi) is 6.17. The lowest BCUT2D eigenvalue weighted by Gasteiger charge is -2.41. The normalized spacial score (nSPS) is 44.7. The predicted octanol–water partition coefficient (Wildman–Crippen LogP) is -2.98. The van der Waals surface area contributed by atoms with Crippen molar-refractivity contribution < 1.29 is 40.5 Å². The molecule has 0 radical (unpaired) electrons. The van der Waals surface area contributed by atoms with Crippen molar-refractivity contribution in [1.29, 1.82) is 0 Å². The molecule has 132 valence electrons. The van der Waals surface area contributed by atoms with Crippen LogP contribution in [0.3, 0.4) is 0 Å². The standard InChI is InChI=1S/C14H21ClO8/c15-9-5(3-16)1-8(19)11(21)14(9)23-13-6(4-17)2-7(18)10(20)12(13)22/h1-2,7-14,16-22H,3-4H2/t7-,8-,9-,10-,11-,12-,13+,14+/m1/s1. The van der Waals surface area contributed by atoms with Crippen LogP contribution >= 0.6 is 11.6 Å². The van der Waals surface area contributed by atoms with E-state index in [1.54, 1.807) is 0 Å². The fraction of sp³-hybridized carbons (Fsp3) is 0.714. The predicted molar refractivity (Wildman–Crippen MR) is 78.7 cm³/mol. The van der Waals surface area contributed by atoms with E-state index in [4.69, 9.17) is 16.3 Å². The van der Waals surface area contributed by atoms with E-state index in [0.29, 0.717) is 0 Å². The summed E-state index contributed by atoms with van der Waals surface area (Å²) in [5.41, 5.74) is 0.357. The molecule has 0 aromatic carbocycles. The van der Waals surface area contributed by atoms with E-state index in [9.17, 15) is 35.7 Å². The van der Waals surface area contributed by atoms with Gasteiger partial charge in [0, 0.05) is 0 Å². The summed E-state index contributed by atoms with van der Waals surface area (Å²) in [4.78, 5) is 0. The fourth-order valence-electron chi connectivity index (χ4n) is 2.77. The monoisotopic (exact) mass is 352 g/mol. The van der Waals surface area contributed by atoms with Crippen LogP contribution in [0.5, 0.6) is 0 Å². The molecular formula is C14H21ClO8. The highest BCUT2D eigenvalue weighted by Crippen LogP contribution is 2.31. The molecule has 0 spiro atoms. The van der Waals surface area contributed by atoms with Crippen molar-refractivity contribution >= 4 is 11.6 Å². The van der Waals surface area contributed by atoms with Crippen LogP contribution in [0.1, 0.15) is 0 Å². The van der Waals surface area contributed by atoms with Gasteiger partial charge < -0.3 is 40.5 Å². The number of aliphatic hydroxyl groups is 7. The Bertz CT molecular complexity index is 481. The largest absolute Gasteiger partial charge is 0.392 e. The van der Waals surface area contributed by atoms with Crippen LogP contribution < -0.4 is 0 Å². The summed E-state index contributed by atoms with van der Waals surface area (Å²) in [6, 6.07) is 0. The fourth-order valence-corrected chi connectivity index (χ4v) is 3.12. The van der Waals surface area contributed by atoms with Crippen molar-refractivity contribution in [1.82, 2.24) is 0 Å². The maximum absolute atomic E-state index is 10.1. The molecule has 0 unspecified atom stereocenters. The van der Waals surface area contributed by atoms with E-state index in [1.807, 2.05) is 0 Å². The van der Waals surface area contributed by atoms with E-state index in [-0.39, 0.29) is 11.1 Å². The number of hydrogen-bond acceptors (Lipinski definition) is 8. The maximum Gasteiger partial charge on any atom is 0.113 e. The van der Waals surface area contributed by atoms with Crippen LogP contribution in [0.15, 0.2) is 23.3 Å². The average Bonchev–Trinajstić information content (AvgIpc) is 2.54. The molecule has 7 N–H and O–H groups in total. The molecule has 0 heterocycles. The van der Waals surface area contributed by atoms with Crippen molar-refractivity contribution in [2.24, 2.45) is 0 Å². The van der Waals surface area contributed by atoms with Gasteiger partial charge in [0.2, 0.25) is 0 Å². The molecule has 0 amide bonds. The van der Waals surface area contributed by atoms with Crippen molar-refractivity contribution in [3.8, 4) is 0 Å². The molecule has 0 fully saturated rings. The Hall–Kier alpha value is -0.550. The van der Waals surface area contributed by atoms with E-state index in [2.05, 4.69) is 0 Å². The summed E-state index contributed by atoms with van der Waals surface area (Å²) in [7, 11) is 0. The van der Waals surface area contributed by atoms with Crippen LogP contribution in [0.2, 0.25) is 0 Å².